The van der Waals surface area contributed by atoms with E-state index in [0.29, 0.717) is 13.1 Å². The van der Waals surface area contributed by atoms with Crippen LogP contribution in [0.2, 0.25) is 0 Å². The van der Waals surface area contributed by atoms with Gasteiger partial charge in [0.1, 0.15) is 0 Å². The molecule has 20 heavy (non-hydrogen) atoms. The molecule has 0 heterocycles. The molecule has 3 nitrogen and oxygen atoms in total. The smallest absolute Gasteiger partial charge is 0.226 e. The highest BCUT2D eigenvalue weighted by molar-refractivity contribution is 5.85. The summed E-state index contributed by atoms with van der Waals surface area (Å²) < 4.78 is 0. The summed E-state index contributed by atoms with van der Waals surface area (Å²) in [7, 11) is 1.85. The Morgan fingerprint density at radius 2 is 1.80 bits per heavy atom. The molecule has 1 aromatic rings. The summed E-state index contributed by atoms with van der Waals surface area (Å²) in [5, 5.41) is 0. The Morgan fingerprint density at radius 1 is 1.30 bits per heavy atom. The molecule has 0 bridgehead atoms. The fourth-order valence-electron chi connectivity index (χ4n) is 2.24. The summed E-state index contributed by atoms with van der Waals surface area (Å²) in [6, 6.07) is 8.50. The Labute approximate surface area is 128 Å². The zero-order valence-corrected chi connectivity index (χ0v) is 14.0. The average Bonchev–Trinajstić information content (AvgIpc) is 2.36. The topological polar surface area (TPSA) is 46.3 Å². The van der Waals surface area contributed by atoms with E-state index < -0.39 is 0 Å². The summed E-state index contributed by atoms with van der Waals surface area (Å²) in [5.41, 5.74) is 7.99. The molecule has 1 unspecified atom stereocenters. The first-order chi connectivity index (χ1) is 8.77. The number of amides is 1. The number of nitrogens with two attached hydrogens (primary N) is 1. The van der Waals surface area contributed by atoms with Crippen LogP contribution in [0.3, 0.4) is 0 Å². The van der Waals surface area contributed by atoms with Crippen molar-refractivity contribution < 1.29 is 4.79 Å². The highest BCUT2D eigenvalue weighted by atomic mass is 35.5. The number of benzene rings is 1. The van der Waals surface area contributed by atoms with Gasteiger partial charge >= 0.3 is 0 Å². The van der Waals surface area contributed by atoms with Crippen LogP contribution in [0.5, 0.6) is 0 Å². The molecular weight excluding hydrogens is 272 g/mol. The number of aryl methyl sites for hydroxylation is 1. The summed E-state index contributed by atoms with van der Waals surface area (Å²) >= 11 is 0. The largest absolute Gasteiger partial charge is 0.345 e. The van der Waals surface area contributed by atoms with Gasteiger partial charge in [0.05, 0.1) is 0 Å². The SMILES string of the molecule is Cc1ccc(C(C)(C)CN(C)C(=O)C(C)CN)cc1.Cl. The van der Waals surface area contributed by atoms with Crippen LogP contribution in [-0.4, -0.2) is 30.9 Å². The van der Waals surface area contributed by atoms with Crippen LogP contribution in [0.4, 0.5) is 0 Å². The quantitative estimate of drug-likeness (QED) is 0.908. The zero-order chi connectivity index (χ0) is 14.6. The molecule has 0 radical (unpaired) electrons. The van der Waals surface area contributed by atoms with Gasteiger partial charge in [-0.15, -0.1) is 12.4 Å². The summed E-state index contributed by atoms with van der Waals surface area (Å²) in [5.74, 6) is 0.00139. The Balaban J connectivity index is 0.00000361. The highest BCUT2D eigenvalue weighted by Crippen LogP contribution is 2.24. The maximum atomic E-state index is 12.1. The van der Waals surface area contributed by atoms with Gasteiger partial charge < -0.3 is 10.6 Å². The van der Waals surface area contributed by atoms with Crippen molar-refractivity contribution in [2.24, 2.45) is 11.7 Å². The minimum Gasteiger partial charge on any atom is -0.345 e. The molecule has 0 aliphatic rings. The lowest BCUT2D eigenvalue weighted by atomic mass is 9.83. The van der Waals surface area contributed by atoms with Gasteiger partial charge in [-0.1, -0.05) is 50.6 Å². The first-order valence-electron chi connectivity index (χ1n) is 6.80. The maximum Gasteiger partial charge on any atom is 0.226 e. The van der Waals surface area contributed by atoms with Gasteiger partial charge in [-0.05, 0) is 12.5 Å². The van der Waals surface area contributed by atoms with Crippen molar-refractivity contribution in [1.82, 2.24) is 4.90 Å². The van der Waals surface area contributed by atoms with Crippen LogP contribution in [0, 0.1) is 12.8 Å². The van der Waals surface area contributed by atoms with E-state index >= 15 is 0 Å². The van der Waals surface area contributed by atoms with Gasteiger partial charge in [0.25, 0.3) is 0 Å². The fraction of sp³-hybridized carbons (Fsp3) is 0.562. The Hall–Kier alpha value is -1.06. The second-order valence-corrected chi connectivity index (χ2v) is 6.08. The average molecular weight is 299 g/mol. The van der Waals surface area contributed by atoms with Gasteiger partial charge in [-0.25, -0.2) is 0 Å². The molecule has 4 heteroatoms. The predicted octanol–water partition coefficient (Wildman–Crippen LogP) is 2.75. The molecule has 1 aromatic carbocycles. The van der Waals surface area contributed by atoms with E-state index in [1.54, 1.807) is 4.90 Å². The lowest BCUT2D eigenvalue weighted by molar-refractivity contribution is -0.134. The van der Waals surface area contributed by atoms with E-state index in [-0.39, 0.29) is 29.6 Å². The monoisotopic (exact) mass is 298 g/mol. The number of rotatable bonds is 5. The maximum absolute atomic E-state index is 12.1. The lowest BCUT2D eigenvalue weighted by Gasteiger charge is -2.32. The molecule has 0 spiro atoms. The van der Waals surface area contributed by atoms with E-state index in [0.717, 1.165) is 0 Å². The van der Waals surface area contributed by atoms with Crippen LogP contribution in [0.25, 0.3) is 0 Å². The molecule has 2 N–H and O–H groups in total. The normalized spacial score (nSPS) is 12.5. The van der Waals surface area contributed by atoms with E-state index in [1.807, 2.05) is 14.0 Å². The Bertz CT molecular complexity index is 429. The van der Waals surface area contributed by atoms with Crippen LogP contribution in [0.1, 0.15) is 31.9 Å². The molecule has 0 aliphatic carbocycles. The van der Waals surface area contributed by atoms with E-state index in [4.69, 9.17) is 5.73 Å². The van der Waals surface area contributed by atoms with Crippen LogP contribution >= 0.6 is 12.4 Å². The van der Waals surface area contributed by atoms with Crippen molar-refractivity contribution in [3.63, 3.8) is 0 Å². The molecule has 0 aromatic heterocycles. The fourth-order valence-corrected chi connectivity index (χ4v) is 2.24. The van der Waals surface area contributed by atoms with Gasteiger partial charge in [-0.3, -0.25) is 4.79 Å². The third kappa shape index (κ3) is 4.80. The Morgan fingerprint density at radius 3 is 2.25 bits per heavy atom. The highest BCUT2D eigenvalue weighted by Gasteiger charge is 2.26. The number of hydrogen-bond donors (Lipinski definition) is 1. The number of halogens is 1. The number of carbonyl (C=O) groups is 1. The number of nitrogens with zero attached hydrogens (tertiary/aromatic N) is 1. The number of hydrogen-bond acceptors (Lipinski definition) is 2. The molecule has 0 aliphatic heterocycles. The summed E-state index contributed by atoms with van der Waals surface area (Å²) in [4.78, 5) is 13.9. The predicted molar refractivity (Wildman–Crippen MR) is 87.3 cm³/mol. The Kier molecular flexibility index (Phi) is 7.25. The van der Waals surface area contributed by atoms with E-state index in [1.165, 1.54) is 11.1 Å². The second-order valence-electron chi connectivity index (χ2n) is 6.08. The van der Waals surface area contributed by atoms with Gasteiger partial charge in [0, 0.05) is 31.5 Å². The summed E-state index contributed by atoms with van der Waals surface area (Å²) in [6.07, 6.45) is 0. The lowest BCUT2D eigenvalue weighted by Crippen LogP contribution is -2.42. The number of carbonyl (C=O) groups excluding carboxylic acids is 1. The second kappa shape index (κ2) is 7.65. The standard InChI is InChI=1S/C16H26N2O.ClH/c1-12-6-8-14(9-7-12)16(3,4)11-18(5)15(19)13(2)10-17;/h6-9,13H,10-11,17H2,1-5H3;1H. The molecule has 0 fully saturated rings. The van der Waals surface area contributed by atoms with Crippen molar-refractivity contribution in [1.29, 1.82) is 0 Å². The van der Waals surface area contributed by atoms with Crippen molar-refractivity contribution in [2.75, 3.05) is 20.1 Å². The van der Waals surface area contributed by atoms with Crippen molar-refractivity contribution in [3.8, 4) is 0 Å². The van der Waals surface area contributed by atoms with E-state index in [2.05, 4.69) is 45.0 Å². The van der Waals surface area contributed by atoms with Crippen molar-refractivity contribution in [2.45, 2.75) is 33.1 Å². The molecule has 1 amide bonds. The molecule has 1 atom stereocenters. The zero-order valence-electron chi connectivity index (χ0n) is 13.1. The first-order valence-corrected chi connectivity index (χ1v) is 6.80. The summed E-state index contributed by atoms with van der Waals surface area (Å²) in [6.45, 7) is 9.36. The molecule has 1 rings (SSSR count). The van der Waals surface area contributed by atoms with Gasteiger partial charge in [0.2, 0.25) is 5.91 Å². The van der Waals surface area contributed by atoms with Crippen LogP contribution in [0.15, 0.2) is 24.3 Å². The first kappa shape index (κ1) is 18.9. The van der Waals surface area contributed by atoms with Gasteiger partial charge in [0.15, 0.2) is 0 Å². The molecule has 0 saturated heterocycles. The molecule has 114 valence electrons. The minimum atomic E-state index is -0.112. The van der Waals surface area contributed by atoms with E-state index in [9.17, 15) is 4.79 Å². The number of likely N-dealkylation sites (N-methyl/N-ethyl adjacent to an activating group) is 1. The van der Waals surface area contributed by atoms with Crippen LogP contribution < -0.4 is 5.73 Å². The van der Waals surface area contributed by atoms with Crippen molar-refractivity contribution >= 4 is 18.3 Å². The third-order valence-corrected chi connectivity index (χ3v) is 3.62. The minimum absolute atomic E-state index is 0. The molecule has 0 saturated carbocycles. The third-order valence-electron chi connectivity index (χ3n) is 3.62. The van der Waals surface area contributed by atoms with Gasteiger partial charge in [-0.2, -0.15) is 0 Å². The molecular formula is C16H27ClN2O. The van der Waals surface area contributed by atoms with Crippen LogP contribution in [-0.2, 0) is 10.2 Å². The van der Waals surface area contributed by atoms with Crippen molar-refractivity contribution in [3.05, 3.63) is 35.4 Å².